The van der Waals surface area contributed by atoms with Gasteiger partial charge in [-0.25, -0.2) is 9.97 Å². The maximum atomic E-state index is 12.3. The fraction of sp³-hybridized carbons (Fsp3) is 0.235. The molecule has 0 aliphatic carbocycles. The number of hydrogen-bond donors (Lipinski definition) is 1. The summed E-state index contributed by atoms with van der Waals surface area (Å²) in [5.41, 5.74) is 2.05. The highest BCUT2D eigenvalue weighted by Crippen LogP contribution is 2.34. The first-order valence-corrected chi connectivity index (χ1v) is 10.4. The van der Waals surface area contributed by atoms with Crippen molar-refractivity contribution in [3.63, 3.8) is 0 Å². The lowest BCUT2D eigenvalue weighted by molar-refractivity contribution is -0.113. The number of amides is 1. The number of carbonyl (C=O) groups is 1. The first kappa shape index (κ1) is 17.3. The van der Waals surface area contributed by atoms with E-state index in [-0.39, 0.29) is 5.91 Å². The topological polar surface area (TPSA) is 54.9 Å². The molecule has 2 heterocycles. The lowest BCUT2D eigenvalue weighted by Gasteiger charge is -2.09. The van der Waals surface area contributed by atoms with Gasteiger partial charge in [-0.3, -0.25) is 4.79 Å². The standard InChI is InChI=1S/C17H17N3OS3/c1-10-11(2)24-17-15(10)16(18-9-19-17)23-8-14(21)20-12-6-4-5-7-13(12)22-3/h4-7,9H,8H2,1-3H3,(H,20,21). The molecule has 0 saturated carbocycles. The Bertz CT molecular complexity index is 892. The number of hydrogen-bond acceptors (Lipinski definition) is 6. The van der Waals surface area contributed by atoms with Crippen LogP contribution in [0.4, 0.5) is 5.69 Å². The van der Waals surface area contributed by atoms with Crippen LogP contribution in [0.15, 0.2) is 40.5 Å². The van der Waals surface area contributed by atoms with E-state index in [2.05, 4.69) is 29.1 Å². The molecule has 0 unspecified atom stereocenters. The summed E-state index contributed by atoms with van der Waals surface area (Å²) in [6.07, 6.45) is 3.57. The number of anilines is 1. The Balaban J connectivity index is 1.73. The second-order valence-corrected chi connectivity index (χ2v) is 8.19. The molecule has 0 fully saturated rings. The van der Waals surface area contributed by atoms with E-state index in [0.29, 0.717) is 5.75 Å². The molecule has 7 heteroatoms. The zero-order valence-electron chi connectivity index (χ0n) is 13.6. The number of aryl methyl sites for hydroxylation is 2. The summed E-state index contributed by atoms with van der Waals surface area (Å²) in [4.78, 5) is 24.3. The summed E-state index contributed by atoms with van der Waals surface area (Å²) in [5, 5.41) is 4.92. The van der Waals surface area contributed by atoms with Crippen molar-refractivity contribution in [2.24, 2.45) is 0 Å². The summed E-state index contributed by atoms with van der Waals surface area (Å²) in [6.45, 7) is 4.17. The minimum atomic E-state index is -0.0298. The van der Waals surface area contributed by atoms with Crippen LogP contribution in [0.25, 0.3) is 10.2 Å². The molecule has 0 aliphatic rings. The van der Waals surface area contributed by atoms with E-state index < -0.39 is 0 Å². The first-order chi connectivity index (χ1) is 11.6. The second kappa shape index (κ2) is 7.55. The highest BCUT2D eigenvalue weighted by molar-refractivity contribution is 8.00. The molecule has 1 amide bonds. The van der Waals surface area contributed by atoms with E-state index >= 15 is 0 Å². The zero-order chi connectivity index (χ0) is 17.1. The van der Waals surface area contributed by atoms with Gasteiger partial charge in [0.05, 0.1) is 11.4 Å². The van der Waals surface area contributed by atoms with Gasteiger partial charge in [-0.05, 0) is 37.8 Å². The number of carbonyl (C=O) groups excluding carboxylic acids is 1. The number of nitrogens with zero attached hydrogens (tertiary/aromatic N) is 2. The van der Waals surface area contributed by atoms with E-state index in [1.54, 1.807) is 29.4 Å². The Morgan fingerprint density at radius 3 is 2.83 bits per heavy atom. The Hall–Kier alpha value is -1.57. The van der Waals surface area contributed by atoms with Crippen molar-refractivity contribution in [1.82, 2.24) is 9.97 Å². The number of aromatic nitrogens is 2. The number of thiophene rings is 1. The normalized spacial score (nSPS) is 11.0. The number of rotatable bonds is 5. The lowest BCUT2D eigenvalue weighted by atomic mass is 10.2. The van der Waals surface area contributed by atoms with Crippen LogP contribution in [0.2, 0.25) is 0 Å². The van der Waals surface area contributed by atoms with E-state index in [4.69, 9.17) is 0 Å². The largest absolute Gasteiger partial charge is 0.324 e. The lowest BCUT2D eigenvalue weighted by Crippen LogP contribution is -2.14. The molecule has 1 N–H and O–H groups in total. The molecular weight excluding hydrogens is 358 g/mol. The fourth-order valence-electron chi connectivity index (χ4n) is 2.33. The van der Waals surface area contributed by atoms with Crippen LogP contribution in [-0.4, -0.2) is 27.9 Å². The summed E-state index contributed by atoms with van der Waals surface area (Å²) in [7, 11) is 0. The van der Waals surface area contributed by atoms with Gasteiger partial charge in [0, 0.05) is 15.2 Å². The third-order valence-corrected chi connectivity index (χ3v) is 6.55. The van der Waals surface area contributed by atoms with Crippen molar-refractivity contribution in [2.75, 3.05) is 17.3 Å². The van der Waals surface area contributed by atoms with Crippen molar-refractivity contribution < 1.29 is 4.79 Å². The van der Waals surface area contributed by atoms with Crippen molar-refractivity contribution >= 4 is 56.7 Å². The van der Waals surface area contributed by atoms with Crippen molar-refractivity contribution in [1.29, 1.82) is 0 Å². The van der Waals surface area contributed by atoms with Crippen LogP contribution in [0.3, 0.4) is 0 Å². The van der Waals surface area contributed by atoms with Gasteiger partial charge in [-0.1, -0.05) is 23.9 Å². The SMILES string of the molecule is CSc1ccccc1NC(=O)CSc1ncnc2sc(C)c(C)c12. The Morgan fingerprint density at radius 2 is 2.04 bits per heavy atom. The third-order valence-electron chi connectivity index (χ3n) is 3.65. The fourth-order valence-corrected chi connectivity index (χ4v) is 4.80. The van der Waals surface area contributed by atoms with Crippen LogP contribution < -0.4 is 5.32 Å². The summed E-state index contributed by atoms with van der Waals surface area (Å²) >= 11 is 4.74. The minimum absolute atomic E-state index is 0.0298. The second-order valence-electron chi connectivity index (χ2n) is 5.18. The highest BCUT2D eigenvalue weighted by Gasteiger charge is 2.14. The van der Waals surface area contributed by atoms with Gasteiger partial charge in [-0.15, -0.1) is 23.1 Å². The van der Waals surface area contributed by atoms with Crippen LogP contribution in [0.5, 0.6) is 0 Å². The number of nitrogens with one attached hydrogen (secondary N) is 1. The molecule has 0 spiro atoms. The Labute approximate surface area is 153 Å². The number of fused-ring (bicyclic) bond motifs is 1. The van der Waals surface area contributed by atoms with Gasteiger partial charge >= 0.3 is 0 Å². The maximum Gasteiger partial charge on any atom is 0.234 e. The molecular formula is C17H17N3OS3. The minimum Gasteiger partial charge on any atom is -0.324 e. The van der Waals surface area contributed by atoms with Crippen molar-refractivity contribution in [3.8, 4) is 0 Å². The van der Waals surface area contributed by atoms with Crippen molar-refractivity contribution in [2.45, 2.75) is 23.8 Å². The predicted molar refractivity (Wildman–Crippen MR) is 104 cm³/mol. The number of thioether (sulfide) groups is 2. The van der Waals surface area contributed by atoms with E-state index in [1.165, 1.54) is 22.2 Å². The van der Waals surface area contributed by atoms with Gasteiger partial charge in [0.15, 0.2) is 0 Å². The van der Waals surface area contributed by atoms with Gasteiger partial charge in [-0.2, -0.15) is 0 Å². The number of para-hydroxylation sites is 1. The van der Waals surface area contributed by atoms with E-state index in [9.17, 15) is 4.79 Å². The molecule has 3 aromatic rings. The average molecular weight is 376 g/mol. The zero-order valence-corrected chi connectivity index (χ0v) is 16.1. The highest BCUT2D eigenvalue weighted by atomic mass is 32.2. The first-order valence-electron chi connectivity index (χ1n) is 7.36. The molecule has 0 saturated heterocycles. The van der Waals surface area contributed by atoms with E-state index in [0.717, 1.165) is 25.8 Å². The quantitative estimate of drug-likeness (QED) is 0.515. The summed E-state index contributed by atoms with van der Waals surface area (Å²) in [6, 6.07) is 7.81. The van der Waals surface area contributed by atoms with Crippen LogP contribution in [-0.2, 0) is 4.79 Å². The van der Waals surface area contributed by atoms with Crippen molar-refractivity contribution in [3.05, 3.63) is 41.0 Å². The smallest absolute Gasteiger partial charge is 0.234 e. The van der Waals surface area contributed by atoms with Gasteiger partial charge < -0.3 is 5.32 Å². The van der Waals surface area contributed by atoms with Crippen LogP contribution in [0, 0.1) is 13.8 Å². The van der Waals surface area contributed by atoms with Gasteiger partial charge in [0.1, 0.15) is 16.2 Å². The molecule has 3 rings (SSSR count). The molecule has 0 atom stereocenters. The molecule has 4 nitrogen and oxygen atoms in total. The molecule has 0 radical (unpaired) electrons. The Kier molecular flexibility index (Phi) is 5.43. The molecule has 0 aliphatic heterocycles. The van der Waals surface area contributed by atoms with Crippen LogP contribution in [0.1, 0.15) is 10.4 Å². The molecule has 24 heavy (non-hydrogen) atoms. The molecule has 0 bridgehead atoms. The molecule has 124 valence electrons. The molecule has 1 aromatic carbocycles. The van der Waals surface area contributed by atoms with Gasteiger partial charge in [0.25, 0.3) is 0 Å². The van der Waals surface area contributed by atoms with E-state index in [1.807, 2.05) is 30.5 Å². The summed E-state index contributed by atoms with van der Waals surface area (Å²) in [5.74, 6) is 0.293. The maximum absolute atomic E-state index is 12.3. The summed E-state index contributed by atoms with van der Waals surface area (Å²) < 4.78 is 0. The molecule has 2 aromatic heterocycles. The van der Waals surface area contributed by atoms with Crippen LogP contribution >= 0.6 is 34.9 Å². The average Bonchev–Trinajstić information content (AvgIpc) is 2.88. The Morgan fingerprint density at radius 1 is 1.25 bits per heavy atom. The third kappa shape index (κ3) is 3.58. The number of benzene rings is 1. The predicted octanol–water partition coefficient (Wildman–Crippen LogP) is 4.76. The monoisotopic (exact) mass is 375 g/mol. The van der Waals surface area contributed by atoms with Gasteiger partial charge in [0.2, 0.25) is 5.91 Å².